The maximum Gasteiger partial charge on any atom is 0.276 e. The Kier molecular flexibility index (Phi) is 6.59. The number of hydrogen-bond acceptors (Lipinski definition) is 5. The Morgan fingerprint density at radius 1 is 1.03 bits per heavy atom. The number of aryl methyl sites for hydroxylation is 4. The van der Waals surface area contributed by atoms with E-state index in [4.69, 9.17) is 4.98 Å². The third-order valence-corrected chi connectivity index (χ3v) is 8.96. The number of carbonyl (C=O) groups is 1. The first-order valence-electron chi connectivity index (χ1n) is 12.6. The second-order valence-corrected chi connectivity index (χ2v) is 11.5. The third kappa shape index (κ3) is 4.53. The van der Waals surface area contributed by atoms with Crippen molar-refractivity contribution < 1.29 is 13.2 Å². The zero-order chi connectivity index (χ0) is 26.3. The van der Waals surface area contributed by atoms with Crippen LogP contribution in [0.5, 0.6) is 0 Å². The Labute approximate surface area is 217 Å². The zero-order valence-electron chi connectivity index (χ0n) is 21.6. The molecule has 2 aromatic carbocycles. The van der Waals surface area contributed by atoms with E-state index in [0.717, 1.165) is 41.9 Å². The average molecular weight is 518 g/mol. The number of carbonyl (C=O) groups excluding carboxylic acids is 1. The first-order chi connectivity index (χ1) is 17.7. The molecule has 1 amide bonds. The zero-order valence-corrected chi connectivity index (χ0v) is 22.4. The van der Waals surface area contributed by atoms with Crippen LogP contribution in [-0.4, -0.2) is 46.3 Å². The van der Waals surface area contributed by atoms with E-state index in [1.165, 1.54) is 4.31 Å². The number of benzene rings is 2. The number of para-hydroxylation sites is 1. The van der Waals surface area contributed by atoms with Gasteiger partial charge in [-0.15, -0.1) is 0 Å². The average Bonchev–Trinajstić information content (AvgIpc) is 3.54. The van der Waals surface area contributed by atoms with E-state index in [0.29, 0.717) is 35.4 Å². The molecule has 1 aliphatic rings. The Morgan fingerprint density at radius 2 is 1.76 bits per heavy atom. The molecule has 3 heterocycles. The van der Waals surface area contributed by atoms with Gasteiger partial charge in [0, 0.05) is 30.2 Å². The number of rotatable bonds is 6. The van der Waals surface area contributed by atoms with E-state index in [1.807, 2.05) is 57.2 Å². The minimum atomic E-state index is -3.66. The van der Waals surface area contributed by atoms with Crippen LogP contribution < -0.4 is 5.32 Å². The van der Waals surface area contributed by atoms with Crippen molar-refractivity contribution in [3.05, 3.63) is 76.7 Å². The molecule has 0 radical (unpaired) electrons. The summed E-state index contributed by atoms with van der Waals surface area (Å²) in [6.07, 6.45) is 2.49. The number of nitrogens with zero attached hydrogens (tertiary/aromatic N) is 4. The molecule has 0 saturated carbocycles. The topological polar surface area (TPSA) is 96.7 Å². The van der Waals surface area contributed by atoms with Crippen LogP contribution in [-0.2, 0) is 16.4 Å². The second-order valence-electron chi connectivity index (χ2n) is 9.55. The third-order valence-electron chi connectivity index (χ3n) is 6.92. The number of aromatic nitrogens is 3. The Morgan fingerprint density at radius 3 is 2.49 bits per heavy atom. The molecule has 2 aromatic heterocycles. The molecule has 1 N–H and O–H groups in total. The van der Waals surface area contributed by atoms with Crippen molar-refractivity contribution in [2.75, 3.05) is 18.4 Å². The number of amides is 1. The number of fused-ring (bicyclic) bond motifs is 1. The van der Waals surface area contributed by atoms with Crippen LogP contribution in [0, 0.1) is 20.8 Å². The van der Waals surface area contributed by atoms with Crippen LogP contribution in [0.4, 0.5) is 5.69 Å². The highest BCUT2D eigenvalue weighted by molar-refractivity contribution is 7.89. The smallest absolute Gasteiger partial charge is 0.276 e. The lowest BCUT2D eigenvalue weighted by molar-refractivity contribution is 0.102. The van der Waals surface area contributed by atoms with Gasteiger partial charge in [-0.1, -0.05) is 37.3 Å². The van der Waals surface area contributed by atoms with Gasteiger partial charge < -0.3 is 5.32 Å². The molecular weight excluding hydrogens is 486 g/mol. The summed E-state index contributed by atoms with van der Waals surface area (Å²) in [5.74, 6) is -0.372. The van der Waals surface area contributed by atoms with Crippen molar-refractivity contribution in [2.45, 2.75) is 51.9 Å². The molecule has 192 valence electrons. The van der Waals surface area contributed by atoms with E-state index in [1.54, 1.807) is 23.6 Å². The van der Waals surface area contributed by atoms with Crippen molar-refractivity contribution in [1.82, 2.24) is 18.9 Å². The lowest BCUT2D eigenvalue weighted by Crippen LogP contribution is -2.28. The van der Waals surface area contributed by atoms with Crippen molar-refractivity contribution in [3.63, 3.8) is 0 Å². The maximum absolute atomic E-state index is 13.7. The van der Waals surface area contributed by atoms with E-state index in [-0.39, 0.29) is 16.5 Å². The summed E-state index contributed by atoms with van der Waals surface area (Å²) in [4.78, 5) is 18.6. The van der Waals surface area contributed by atoms with Crippen molar-refractivity contribution in [3.8, 4) is 11.1 Å². The molecule has 0 unspecified atom stereocenters. The molecule has 0 atom stereocenters. The van der Waals surface area contributed by atoms with E-state index in [2.05, 4.69) is 10.4 Å². The van der Waals surface area contributed by atoms with E-state index < -0.39 is 10.0 Å². The summed E-state index contributed by atoms with van der Waals surface area (Å²) in [5, 5.41) is 7.67. The molecular formula is C28H31N5O3S. The minimum Gasteiger partial charge on any atom is -0.320 e. The van der Waals surface area contributed by atoms with Gasteiger partial charge in [-0.05, 0) is 74.9 Å². The molecule has 4 aromatic rings. The summed E-state index contributed by atoms with van der Waals surface area (Å²) in [6.45, 7) is 8.67. The normalized spacial score (nSPS) is 14.4. The van der Waals surface area contributed by atoms with Crippen LogP contribution in [0.1, 0.15) is 52.8 Å². The van der Waals surface area contributed by atoms with Gasteiger partial charge in [-0.3, -0.25) is 4.79 Å². The van der Waals surface area contributed by atoms with Crippen molar-refractivity contribution in [2.24, 2.45) is 0 Å². The fraction of sp³-hybridized carbons (Fsp3) is 0.321. The number of sulfonamides is 1. The molecule has 1 saturated heterocycles. The van der Waals surface area contributed by atoms with E-state index in [9.17, 15) is 13.2 Å². The molecule has 1 fully saturated rings. The lowest BCUT2D eigenvalue weighted by atomic mass is 10.0. The van der Waals surface area contributed by atoms with Gasteiger partial charge >= 0.3 is 0 Å². The SMILES string of the molecule is CCc1ccccc1NC(=O)c1nn2c(C)cc(C)nc2c1-c1ccc(C)c(S(=O)(=O)N2CCCC2)c1. The van der Waals surface area contributed by atoms with E-state index >= 15 is 0 Å². The molecule has 0 spiro atoms. The summed E-state index contributed by atoms with van der Waals surface area (Å²) >= 11 is 0. The summed E-state index contributed by atoms with van der Waals surface area (Å²) in [7, 11) is -3.66. The van der Waals surface area contributed by atoms with Gasteiger partial charge in [-0.25, -0.2) is 17.9 Å². The molecule has 5 rings (SSSR count). The van der Waals surface area contributed by atoms with Gasteiger partial charge in [0.25, 0.3) is 5.91 Å². The summed E-state index contributed by atoms with van der Waals surface area (Å²) < 4.78 is 30.2. The summed E-state index contributed by atoms with van der Waals surface area (Å²) in [6, 6.07) is 14.9. The van der Waals surface area contributed by atoms with Crippen molar-refractivity contribution in [1.29, 1.82) is 0 Å². The van der Waals surface area contributed by atoms with Crippen LogP contribution in [0.15, 0.2) is 53.4 Å². The van der Waals surface area contributed by atoms with Crippen LogP contribution in [0.25, 0.3) is 16.8 Å². The molecule has 9 heteroatoms. The lowest BCUT2D eigenvalue weighted by Gasteiger charge is -2.18. The largest absolute Gasteiger partial charge is 0.320 e. The molecule has 0 bridgehead atoms. The molecule has 1 aliphatic heterocycles. The highest BCUT2D eigenvalue weighted by atomic mass is 32.2. The number of anilines is 1. The predicted octanol–water partition coefficient (Wildman–Crippen LogP) is 4.92. The predicted molar refractivity (Wildman–Crippen MR) is 144 cm³/mol. The molecule has 0 aliphatic carbocycles. The van der Waals surface area contributed by atoms with Gasteiger partial charge in [0.1, 0.15) is 0 Å². The summed E-state index contributed by atoms with van der Waals surface area (Å²) in [5.41, 5.74) is 5.82. The number of nitrogens with one attached hydrogen (secondary N) is 1. The first-order valence-corrected chi connectivity index (χ1v) is 14.0. The van der Waals surface area contributed by atoms with Gasteiger partial charge in [0.2, 0.25) is 10.0 Å². The number of hydrogen-bond donors (Lipinski definition) is 1. The Hall–Kier alpha value is -3.56. The Bertz CT molecular complexity index is 1620. The molecule has 8 nitrogen and oxygen atoms in total. The maximum atomic E-state index is 13.7. The van der Waals surface area contributed by atoms with Crippen molar-refractivity contribution >= 4 is 27.3 Å². The fourth-order valence-electron chi connectivity index (χ4n) is 4.98. The fourth-order valence-corrected chi connectivity index (χ4v) is 6.75. The minimum absolute atomic E-state index is 0.195. The second kappa shape index (κ2) is 9.72. The molecule has 37 heavy (non-hydrogen) atoms. The van der Waals surface area contributed by atoms with Gasteiger partial charge in [-0.2, -0.15) is 9.40 Å². The van der Waals surface area contributed by atoms with Crippen LogP contribution in [0.2, 0.25) is 0 Å². The monoisotopic (exact) mass is 517 g/mol. The highest BCUT2D eigenvalue weighted by Gasteiger charge is 2.30. The van der Waals surface area contributed by atoms with Crippen LogP contribution in [0.3, 0.4) is 0 Å². The van der Waals surface area contributed by atoms with Gasteiger partial charge in [0.05, 0.1) is 10.5 Å². The Balaban J connectivity index is 1.69. The quantitative estimate of drug-likeness (QED) is 0.392. The van der Waals surface area contributed by atoms with Gasteiger partial charge in [0.15, 0.2) is 11.3 Å². The standard InChI is InChI=1S/C28H31N5O3S/c1-5-21-10-6-7-11-23(21)30-28(34)26-25(27-29-19(3)16-20(4)33(27)31-26)22-13-12-18(2)24(17-22)37(35,36)32-14-8-9-15-32/h6-7,10-13,16-17H,5,8-9,14-15H2,1-4H3,(H,30,34). The highest BCUT2D eigenvalue weighted by Crippen LogP contribution is 2.33. The van der Waals surface area contributed by atoms with Crippen LogP contribution >= 0.6 is 0 Å². The first kappa shape index (κ1) is 25.1.